The highest BCUT2D eigenvalue weighted by Crippen LogP contribution is 2.59. The van der Waals surface area contributed by atoms with Gasteiger partial charge in [0.1, 0.15) is 5.82 Å². The minimum Gasteiger partial charge on any atom is -0.465 e. The summed E-state index contributed by atoms with van der Waals surface area (Å²) < 4.78 is 0. The van der Waals surface area contributed by atoms with Gasteiger partial charge in [0.2, 0.25) is 5.28 Å². The number of halogens is 1. The van der Waals surface area contributed by atoms with Crippen molar-refractivity contribution in [1.29, 1.82) is 0 Å². The first kappa shape index (κ1) is 16.6. The van der Waals surface area contributed by atoms with Crippen molar-refractivity contribution in [1.82, 2.24) is 15.3 Å². The van der Waals surface area contributed by atoms with Gasteiger partial charge in [0.05, 0.1) is 11.7 Å². The van der Waals surface area contributed by atoms with E-state index in [4.69, 9.17) is 16.7 Å². The Balaban J connectivity index is 1.39. The molecule has 6 nitrogen and oxygen atoms in total. The molecule has 4 bridgehead atoms. The van der Waals surface area contributed by atoms with Gasteiger partial charge in [0.15, 0.2) is 0 Å². The highest BCUT2D eigenvalue weighted by molar-refractivity contribution is 6.28. The number of nitrogens with zero attached hydrogens (tertiary/aromatic N) is 3. The van der Waals surface area contributed by atoms with Gasteiger partial charge in [0, 0.05) is 25.1 Å². The molecule has 5 aliphatic rings. The molecule has 0 aromatic carbocycles. The average Bonchev–Trinajstić information content (AvgIpc) is 3.01. The second-order valence-electron chi connectivity index (χ2n) is 8.76. The maximum absolute atomic E-state index is 10.9. The highest BCUT2D eigenvalue weighted by Gasteiger charge is 2.49. The Hall–Kier alpha value is -1.56. The van der Waals surface area contributed by atoms with E-state index in [1.54, 1.807) is 0 Å². The largest absolute Gasteiger partial charge is 0.465 e. The molecule has 1 aromatic rings. The Morgan fingerprint density at radius 3 is 2.50 bits per heavy atom. The topological polar surface area (TPSA) is 78.4 Å². The first-order chi connectivity index (χ1) is 12.5. The summed E-state index contributed by atoms with van der Waals surface area (Å²) in [6.45, 7) is 1.43. The summed E-state index contributed by atoms with van der Waals surface area (Å²) in [6, 6.07) is 2.08. The van der Waals surface area contributed by atoms with Crippen LogP contribution in [0.2, 0.25) is 5.28 Å². The summed E-state index contributed by atoms with van der Waals surface area (Å²) in [7, 11) is 0. The van der Waals surface area contributed by atoms with Gasteiger partial charge in [-0.05, 0) is 73.8 Å². The summed E-state index contributed by atoms with van der Waals surface area (Å²) in [4.78, 5) is 22.1. The maximum atomic E-state index is 10.9. The van der Waals surface area contributed by atoms with E-state index < -0.39 is 6.09 Å². The smallest absolute Gasteiger partial charge is 0.404 e. The van der Waals surface area contributed by atoms with Crippen LogP contribution in [0.3, 0.4) is 0 Å². The second-order valence-corrected chi connectivity index (χ2v) is 9.10. The molecule has 1 saturated heterocycles. The van der Waals surface area contributed by atoms with E-state index in [1.807, 2.05) is 0 Å². The Bertz CT molecular complexity index is 699. The van der Waals surface area contributed by atoms with Crippen LogP contribution in [-0.2, 0) is 0 Å². The molecule has 2 heterocycles. The van der Waals surface area contributed by atoms with Crippen molar-refractivity contribution in [3.8, 4) is 0 Å². The molecule has 26 heavy (non-hydrogen) atoms. The van der Waals surface area contributed by atoms with Crippen molar-refractivity contribution in [3.63, 3.8) is 0 Å². The zero-order chi connectivity index (χ0) is 17.8. The molecular weight excluding hydrogens is 352 g/mol. The number of amides is 1. The number of nitrogens with one attached hydrogen (secondary N) is 1. The third-order valence-electron chi connectivity index (χ3n) is 7.11. The number of carboxylic acid groups (broad SMARTS) is 1. The van der Waals surface area contributed by atoms with E-state index in [1.165, 1.54) is 32.1 Å². The van der Waals surface area contributed by atoms with Crippen LogP contribution in [0.4, 0.5) is 10.6 Å². The van der Waals surface area contributed by atoms with Crippen molar-refractivity contribution in [2.24, 2.45) is 23.7 Å². The first-order valence-corrected chi connectivity index (χ1v) is 10.2. The zero-order valence-corrected chi connectivity index (χ0v) is 15.5. The molecule has 2 N–H and O–H groups in total. The number of hydrogen-bond acceptors (Lipinski definition) is 4. The van der Waals surface area contributed by atoms with Gasteiger partial charge in [-0.1, -0.05) is 0 Å². The second kappa shape index (κ2) is 6.25. The minimum atomic E-state index is -0.966. The van der Waals surface area contributed by atoms with E-state index in [9.17, 15) is 4.79 Å². The molecule has 1 aromatic heterocycles. The minimum absolute atomic E-state index is 0.0501. The van der Waals surface area contributed by atoms with Crippen molar-refractivity contribution >= 4 is 23.5 Å². The predicted octanol–water partition coefficient (Wildman–Crippen LogP) is 3.52. The summed E-state index contributed by atoms with van der Waals surface area (Å²) in [5.41, 5.74) is 1.11. The van der Waals surface area contributed by atoms with Gasteiger partial charge in [0.25, 0.3) is 0 Å². The Morgan fingerprint density at radius 1 is 1.15 bits per heavy atom. The van der Waals surface area contributed by atoms with E-state index in [0.717, 1.165) is 48.1 Å². The van der Waals surface area contributed by atoms with Gasteiger partial charge < -0.3 is 15.3 Å². The fourth-order valence-corrected chi connectivity index (χ4v) is 6.61. The Labute approximate surface area is 158 Å². The van der Waals surface area contributed by atoms with Gasteiger partial charge in [-0.15, -0.1) is 0 Å². The lowest BCUT2D eigenvalue weighted by molar-refractivity contribution is -0.00416. The van der Waals surface area contributed by atoms with E-state index in [0.29, 0.717) is 17.7 Å². The van der Waals surface area contributed by atoms with Crippen molar-refractivity contribution in [2.45, 2.75) is 50.5 Å². The highest BCUT2D eigenvalue weighted by atomic mass is 35.5. The predicted molar refractivity (Wildman–Crippen MR) is 98.6 cm³/mol. The van der Waals surface area contributed by atoms with E-state index in [-0.39, 0.29) is 6.04 Å². The Morgan fingerprint density at radius 2 is 1.85 bits per heavy atom. The summed E-state index contributed by atoms with van der Waals surface area (Å²) in [5.74, 6) is 4.76. The number of rotatable bonds is 3. The van der Waals surface area contributed by atoms with Crippen LogP contribution in [0.1, 0.15) is 50.1 Å². The average molecular weight is 377 g/mol. The molecule has 140 valence electrons. The third kappa shape index (κ3) is 2.92. The lowest BCUT2D eigenvalue weighted by Crippen LogP contribution is -2.44. The fraction of sp³-hybridized carbons (Fsp3) is 0.737. The van der Waals surface area contributed by atoms with E-state index in [2.05, 4.69) is 26.3 Å². The molecule has 6 rings (SSSR count). The summed E-state index contributed by atoms with van der Waals surface area (Å²) in [5, 5.41) is 11.8. The van der Waals surface area contributed by atoms with Gasteiger partial charge in [-0.3, -0.25) is 0 Å². The molecule has 1 aliphatic heterocycles. The summed E-state index contributed by atoms with van der Waals surface area (Å²) in [6.07, 6.45) is 6.67. The normalized spacial score (nSPS) is 38.0. The van der Waals surface area contributed by atoms with Crippen LogP contribution in [0.25, 0.3) is 0 Å². The molecule has 0 unspecified atom stereocenters. The molecule has 7 heteroatoms. The van der Waals surface area contributed by atoms with Gasteiger partial charge >= 0.3 is 6.09 Å². The first-order valence-electron chi connectivity index (χ1n) is 9.84. The standard InChI is InChI=1S/C19H25ClN4O2/c20-18-22-15(17-12-4-10-3-11(6-12)7-13(17)5-10)8-16(23-18)24-2-1-14(9-24)21-19(25)26/h8,10-14,17,21H,1-7,9H2,(H,25,26)/t10?,11?,12?,13?,14-,17?/m1/s1. The van der Waals surface area contributed by atoms with Crippen LogP contribution in [-0.4, -0.2) is 40.3 Å². The molecule has 1 atom stereocenters. The monoisotopic (exact) mass is 376 g/mol. The van der Waals surface area contributed by atoms with Crippen LogP contribution in [0.5, 0.6) is 0 Å². The van der Waals surface area contributed by atoms with Crippen LogP contribution >= 0.6 is 11.6 Å². The number of aromatic nitrogens is 2. The molecule has 4 saturated carbocycles. The third-order valence-corrected chi connectivity index (χ3v) is 7.28. The molecule has 0 radical (unpaired) electrons. The lowest BCUT2D eigenvalue weighted by atomic mass is 9.51. The van der Waals surface area contributed by atoms with Crippen LogP contribution < -0.4 is 10.2 Å². The number of hydrogen-bond donors (Lipinski definition) is 2. The zero-order valence-electron chi connectivity index (χ0n) is 14.8. The van der Waals surface area contributed by atoms with Crippen molar-refractivity contribution < 1.29 is 9.90 Å². The molecule has 0 spiro atoms. The Kier molecular flexibility index (Phi) is 3.99. The van der Waals surface area contributed by atoms with Gasteiger partial charge in [-0.2, -0.15) is 0 Å². The molecule has 1 amide bonds. The van der Waals surface area contributed by atoms with Crippen molar-refractivity contribution in [2.75, 3.05) is 18.0 Å². The quantitative estimate of drug-likeness (QED) is 0.789. The lowest BCUT2D eigenvalue weighted by Gasteiger charge is -2.54. The molecular formula is C19H25ClN4O2. The molecule has 5 fully saturated rings. The number of anilines is 1. The van der Waals surface area contributed by atoms with Gasteiger partial charge in [-0.25, -0.2) is 14.8 Å². The van der Waals surface area contributed by atoms with Crippen LogP contribution in [0, 0.1) is 23.7 Å². The van der Waals surface area contributed by atoms with Crippen molar-refractivity contribution in [3.05, 3.63) is 17.0 Å². The van der Waals surface area contributed by atoms with Crippen LogP contribution in [0.15, 0.2) is 6.07 Å². The SMILES string of the molecule is O=C(O)N[C@@H]1CCN(c2cc(C3C4CC5CC(C4)CC3C5)nc(Cl)n2)C1. The maximum Gasteiger partial charge on any atom is 0.404 e. The van der Waals surface area contributed by atoms with E-state index >= 15 is 0 Å². The summed E-state index contributed by atoms with van der Waals surface area (Å²) >= 11 is 6.30. The molecule has 4 aliphatic carbocycles. The fourth-order valence-electron chi connectivity index (χ4n) is 6.42. The number of carbonyl (C=O) groups is 1.